The fraction of sp³-hybridized carbons (Fsp3) is 0.476. The first-order chi connectivity index (χ1) is 11.8. The molecule has 3 aliphatic rings. The first kappa shape index (κ1) is 16.9. The molecule has 4 heteroatoms. The van der Waals surface area contributed by atoms with E-state index in [0.29, 0.717) is 23.9 Å². The van der Waals surface area contributed by atoms with E-state index in [0.717, 1.165) is 25.9 Å². The van der Waals surface area contributed by atoms with E-state index < -0.39 is 0 Å². The molecule has 2 aromatic carbocycles. The van der Waals surface area contributed by atoms with Crippen molar-refractivity contribution in [3.05, 3.63) is 48.0 Å². The van der Waals surface area contributed by atoms with Gasteiger partial charge >= 0.3 is 0 Å². The minimum atomic E-state index is 0. The largest absolute Gasteiger partial charge is 0.335 e. The van der Waals surface area contributed by atoms with Gasteiger partial charge in [-0.15, -0.1) is 12.4 Å². The highest BCUT2D eigenvalue weighted by atomic mass is 35.5. The summed E-state index contributed by atoms with van der Waals surface area (Å²) in [5.74, 6) is 1.04. The third-order valence-corrected chi connectivity index (χ3v) is 6.24. The highest BCUT2D eigenvalue weighted by Crippen LogP contribution is 2.51. The minimum absolute atomic E-state index is 0. The van der Waals surface area contributed by atoms with Crippen molar-refractivity contribution >= 4 is 29.1 Å². The number of benzene rings is 2. The van der Waals surface area contributed by atoms with E-state index in [1.54, 1.807) is 0 Å². The van der Waals surface area contributed by atoms with Gasteiger partial charge in [0.05, 0.1) is 0 Å². The number of halogens is 1. The summed E-state index contributed by atoms with van der Waals surface area (Å²) in [5, 5.41) is 6.10. The summed E-state index contributed by atoms with van der Waals surface area (Å²) in [6.45, 7) is 2.04. The van der Waals surface area contributed by atoms with Crippen LogP contribution >= 0.6 is 12.4 Å². The average molecular weight is 357 g/mol. The van der Waals surface area contributed by atoms with Crippen LogP contribution in [0.4, 0.5) is 0 Å². The molecule has 0 spiro atoms. The zero-order valence-corrected chi connectivity index (χ0v) is 15.2. The summed E-state index contributed by atoms with van der Waals surface area (Å²) in [5.41, 5.74) is 1.37. The Morgan fingerprint density at radius 3 is 2.72 bits per heavy atom. The fourth-order valence-corrected chi connectivity index (χ4v) is 4.92. The van der Waals surface area contributed by atoms with E-state index in [1.807, 2.05) is 0 Å². The summed E-state index contributed by atoms with van der Waals surface area (Å²) in [4.78, 5) is 15.5. The Labute approximate surface area is 155 Å². The summed E-state index contributed by atoms with van der Waals surface area (Å²) in [6, 6.07) is 16.0. The molecule has 0 radical (unpaired) electrons. The average Bonchev–Trinajstić information content (AvgIpc) is 3.33. The molecule has 3 fully saturated rings. The third kappa shape index (κ3) is 2.84. The van der Waals surface area contributed by atoms with Crippen molar-refractivity contribution in [1.29, 1.82) is 0 Å². The van der Waals surface area contributed by atoms with Gasteiger partial charge in [-0.25, -0.2) is 0 Å². The van der Waals surface area contributed by atoms with Gasteiger partial charge in [-0.05, 0) is 54.5 Å². The molecule has 2 saturated heterocycles. The number of hydrogen-bond donors (Lipinski definition) is 1. The van der Waals surface area contributed by atoms with Gasteiger partial charge in [0, 0.05) is 24.5 Å². The maximum absolute atomic E-state index is 13.2. The monoisotopic (exact) mass is 356 g/mol. The molecule has 2 aromatic rings. The molecule has 1 saturated carbocycles. The Balaban J connectivity index is 0.00000157. The Morgan fingerprint density at radius 2 is 1.80 bits per heavy atom. The predicted molar refractivity (Wildman–Crippen MR) is 103 cm³/mol. The van der Waals surface area contributed by atoms with Crippen LogP contribution < -0.4 is 5.32 Å². The van der Waals surface area contributed by atoms with Crippen molar-refractivity contribution < 1.29 is 4.79 Å². The second-order valence-corrected chi connectivity index (χ2v) is 7.64. The standard InChI is InChI=1S/C21H24N2O.ClH/c24-21(23-15-8-9-16(23)13-22-11-10-15)20-12-19(20)18-7-3-5-14-4-1-2-6-17(14)18;/h1-7,15-16,19-20,22H,8-13H2;1H. The van der Waals surface area contributed by atoms with Crippen LogP contribution in [0.15, 0.2) is 42.5 Å². The zero-order chi connectivity index (χ0) is 16.1. The number of nitrogens with one attached hydrogen (secondary N) is 1. The first-order valence-electron chi connectivity index (χ1n) is 9.33. The fourth-order valence-electron chi connectivity index (χ4n) is 4.92. The molecule has 3 nitrogen and oxygen atoms in total. The highest BCUT2D eigenvalue weighted by Gasteiger charge is 2.50. The number of nitrogens with zero attached hydrogens (tertiary/aromatic N) is 1. The van der Waals surface area contributed by atoms with Crippen LogP contribution in [0.25, 0.3) is 10.8 Å². The van der Waals surface area contributed by atoms with Crippen LogP contribution in [-0.2, 0) is 4.79 Å². The summed E-state index contributed by atoms with van der Waals surface area (Å²) in [6.07, 6.45) is 4.52. The smallest absolute Gasteiger partial charge is 0.226 e. The predicted octanol–water partition coefficient (Wildman–Crippen LogP) is 3.72. The minimum Gasteiger partial charge on any atom is -0.335 e. The Morgan fingerprint density at radius 1 is 1.00 bits per heavy atom. The molecule has 4 atom stereocenters. The van der Waals surface area contributed by atoms with E-state index in [9.17, 15) is 4.79 Å². The summed E-state index contributed by atoms with van der Waals surface area (Å²) < 4.78 is 0. The molecule has 5 rings (SSSR count). The molecule has 25 heavy (non-hydrogen) atoms. The van der Waals surface area contributed by atoms with Crippen molar-refractivity contribution in [1.82, 2.24) is 10.2 Å². The Kier molecular flexibility index (Phi) is 4.47. The molecular weight excluding hydrogens is 332 g/mol. The molecule has 2 aliphatic heterocycles. The second-order valence-electron chi connectivity index (χ2n) is 7.64. The Bertz CT molecular complexity index is 773. The lowest BCUT2D eigenvalue weighted by Crippen LogP contribution is -2.43. The topological polar surface area (TPSA) is 32.3 Å². The molecule has 4 unspecified atom stereocenters. The van der Waals surface area contributed by atoms with Crippen molar-refractivity contribution in [2.45, 2.75) is 43.7 Å². The van der Waals surface area contributed by atoms with Gasteiger partial charge in [0.15, 0.2) is 0 Å². The van der Waals surface area contributed by atoms with Gasteiger partial charge < -0.3 is 10.2 Å². The number of rotatable bonds is 2. The van der Waals surface area contributed by atoms with Crippen LogP contribution in [-0.4, -0.2) is 36.0 Å². The third-order valence-electron chi connectivity index (χ3n) is 6.24. The van der Waals surface area contributed by atoms with Crippen molar-refractivity contribution in [2.24, 2.45) is 5.92 Å². The lowest BCUT2D eigenvalue weighted by Gasteiger charge is -2.28. The number of carbonyl (C=O) groups excluding carboxylic acids is 1. The van der Waals surface area contributed by atoms with Gasteiger partial charge in [0.1, 0.15) is 0 Å². The number of carbonyl (C=O) groups is 1. The van der Waals surface area contributed by atoms with Gasteiger partial charge in [-0.3, -0.25) is 4.79 Å². The second kappa shape index (κ2) is 6.62. The molecule has 1 amide bonds. The van der Waals surface area contributed by atoms with Crippen molar-refractivity contribution in [2.75, 3.05) is 13.1 Å². The quantitative estimate of drug-likeness (QED) is 0.889. The molecule has 2 bridgehead atoms. The van der Waals surface area contributed by atoms with E-state index >= 15 is 0 Å². The molecule has 1 N–H and O–H groups in total. The van der Waals surface area contributed by atoms with Crippen LogP contribution in [0.5, 0.6) is 0 Å². The van der Waals surface area contributed by atoms with Crippen molar-refractivity contribution in [3.8, 4) is 0 Å². The van der Waals surface area contributed by atoms with Crippen molar-refractivity contribution in [3.63, 3.8) is 0 Å². The van der Waals surface area contributed by atoms with E-state index in [4.69, 9.17) is 0 Å². The van der Waals surface area contributed by atoms with E-state index in [1.165, 1.54) is 29.2 Å². The maximum atomic E-state index is 13.2. The molecule has 0 aromatic heterocycles. The number of amides is 1. The lowest BCUT2D eigenvalue weighted by molar-refractivity contribution is -0.135. The van der Waals surface area contributed by atoms with Crippen LogP contribution in [0.2, 0.25) is 0 Å². The molecule has 132 valence electrons. The SMILES string of the molecule is Cl.O=C(C1CC1c1cccc2ccccc12)N1C2CCNCC1CC2. The first-order valence-corrected chi connectivity index (χ1v) is 9.33. The molecule has 2 heterocycles. The lowest BCUT2D eigenvalue weighted by atomic mass is 10.00. The maximum Gasteiger partial charge on any atom is 0.226 e. The van der Waals surface area contributed by atoms with Crippen LogP contribution in [0, 0.1) is 5.92 Å². The molecular formula is C21H25ClN2O. The van der Waals surface area contributed by atoms with Crippen LogP contribution in [0.1, 0.15) is 37.2 Å². The van der Waals surface area contributed by atoms with E-state index in [-0.39, 0.29) is 18.3 Å². The van der Waals surface area contributed by atoms with Gasteiger partial charge in [0.25, 0.3) is 0 Å². The number of fused-ring (bicyclic) bond motifs is 3. The van der Waals surface area contributed by atoms with Gasteiger partial charge in [-0.1, -0.05) is 42.5 Å². The summed E-state index contributed by atoms with van der Waals surface area (Å²) in [7, 11) is 0. The number of hydrogen-bond acceptors (Lipinski definition) is 2. The Hall–Kier alpha value is -1.58. The van der Waals surface area contributed by atoms with Gasteiger partial charge in [0.2, 0.25) is 5.91 Å². The van der Waals surface area contributed by atoms with Gasteiger partial charge in [-0.2, -0.15) is 0 Å². The normalized spacial score (nSPS) is 30.6. The summed E-state index contributed by atoms with van der Waals surface area (Å²) >= 11 is 0. The van der Waals surface area contributed by atoms with E-state index in [2.05, 4.69) is 52.7 Å². The highest BCUT2D eigenvalue weighted by molar-refractivity contribution is 5.90. The molecule has 1 aliphatic carbocycles. The van der Waals surface area contributed by atoms with Crippen LogP contribution in [0.3, 0.4) is 0 Å². The zero-order valence-electron chi connectivity index (χ0n) is 14.4.